The molecule has 0 bridgehead atoms. The van der Waals surface area contributed by atoms with Crippen LogP contribution in [0.15, 0.2) is 21.2 Å². The van der Waals surface area contributed by atoms with Gasteiger partial charge >= 0.3 is 0 Å². The number of hydrogen-bond donors (Lipinski definition) is 1. The molecule has 0 saturated carbocycles. The van der Waals surface area contributed by atoms with Crippen LogP contribution in [-0.4, -0.2) is 41.8 Å². The van der Waals surface area contributed by atoms with Gasteiger partial charge in [0.2, 0.25) is 17.7 Å². The van der Waals surface area contributed by atoms with E-state index in [1.165, 1.54) is 4.90 Å². The van der Waals surface area contributed by atoms with Crippen molar-refractivity contribution < 1.29 is 14.0 Å². The lowest BCUT2D eigenvalue weighted by atomic mass is 10.2. The zero-order chi connectivity index (χ0) is 16.3. The second-order valence-electron chi connectivity index (χ2n) is 5.23. The minimum Gasteiger partial charge on any atom is -0.441 e. The molecule has 0 spiro atoms. The van der Waals surface area contributed by atoms with Crippen molar-refractivity contribution in [3.05, 3.63) is 28.3 Å². The molecule has 1 atom stereocenters. The molecule has 0 aliphatic rings. The molecule has 22 heavy (non-hydrogen) atoms. The first-order valence-electron chi connectivity index (χ1n) is 6.88. The largest absolute Gasteiger partial charge is 0.441 e. The molecule has 1 N–H and O–H groups in total. The first-order chi connectivity index (χ1) is 10.4. The summed E-state index contributed by atoms with van der Waals surface area (Å²) in [6.45, 7) is 3.44. The van der Waals surface area contributed by atoms with Gasteiger partial charge in [0.25, 0.3) is 0 Å². The average Bonchev–Trinajstić information content (AvgIpc) is 3.08. The molecule has 0 aliphatic heterocycles. The van der Waals surface area contributed by atoms with Crippen molar-refractivity contribution in [1.82, 2.24) is 15.2 Å². The van der Waals surface area contributed by atoms with E-state index in [1.807, 2.05) is 16.8 Å². The van der Waals surface area contributed by atoms with Crippen molar-refractivity contribution >= 4 is 23.2 Å². The Morgan fingerprint density at radius 1 is 1.45 bits per heavy atom. The van der Waals surface area contributed by atoms with Gasteiger partial charge in [0.15, 0.2) is 0 Å². The summed E-state index contributed by atoms with van der Waals surface area (Å²) in [6, 6.07) is 1.35. The van der Waals surface area contributed by atoms with Crippen LogP contribution in [0.4, 0.5) is 0 Å². The molecule has 2 aromatic heterocycles. The fourth-order valence-electron chi connectivity index (χ4n) is 2.00. The Morgan fingerprint density at radius 3 is 2.77 bits per heavy atom. The highest BCUT2D eigenvalue weighted by Gasteiger charge is 2.19. The van der Waals surface area contributed by atoms with Crippen molar-refractivity contribution in [3.63, 3.8) is 0 Å². The van der Waals surface area contributed by atoms with Gasteiger partial charge in [0, 0.05) is 25.0 Å². The van der Waals surface area contributed by atoms with Crippen LogP contribution in [0.1, 0.15) is 18.4 Å². The van der Waals surface area contributed by atoms with E-state index >= 15 is 0 Å². The van der Waals surface area contributed by atoms with E-state index in [2.05, 4.69) is 10.3 Å². The average molecular weight is 321 g/mol. The molecule has 0 aliphatic carbocycles. The standard InChI is InChI=1S/C15H19N3O3S/c1-9(15(20)18(3)4)16-13(19)7-12-10(2)21-14(17-12)11-5-6-22-8-11/h5-6,8-9H,7H2,1-4H3,(H,16,19). The van der Waals surface area contributed by atoms with Crippen LogP contribution in [0.2, 0.25) is 0 Å². The Balaban J connectivity index is 2.02. The first kappa shape index (κ1) is 16.2. The van der Waals surface area contributed by atoms with Gasteiger partial charge in [-0.15, -0.1) is 0 Å². The van der Waals surface area contributed by atoms with E-state index in [4.69, 9.17) is 4.42 Å². The van der Waals surface area contributed by atoms with E-state index in [9.17, 15) is 9.59 Å². The summed E-state index contributed by atoms with van der Waals surface area (Å²) >= 11 is 1.56. The lowest BCUT2D eigenvalue weighted by Gasteiger charge is -2.17. The normalized spacial score (nSPS) is 12.0. The van der Waals surface area contributed by atoms with Gasteiger partial charge in [-0.1, -0.05) is 0 Å². The molecule has 2 aromatic rings. The van der Waals surface area contributed by atoms with Gasteiger partial charge in [0.1, 0.15) is 11.8 Å². The quantitative estimate of drug-likeness (QED) is 0.912. The van der Waals surface area contributed by atoms with Crippen molar-refractivity contribution in [2.45, 2.75) is 26.3 Å². The zero-order valence-corrected chi connectivity index (χ0v) is 13.9. The van der Waals surface area contributed by atoms with Crippen LogP contribution >= 0.6 is 11.3 Å². The van der Waals surface area contributed by atoms with Gasteiger partial charge in [-0.25, -0.2) is 4.98 Å². The van der Waals surface area contributed by atoms with Gasteiger partial charge in [-0.2, -0.15) is 11.3 Å². The second kappa shape index (κ2) is 6.74. The van der Waals surface area contributed by atoms with Crippen LogP contribution in [0.25, 0.3) is 11.5 Å². The van der Waals surface area contributed by atoms with Crippen LogP contribution < -0.4 is 5.32 Å². The molecule has 0 radical (unpaired) electrons. The highest BCUT2D eigenvalue weighted by Crippen LogP contribution is 2.23. The minimum atomic E-state index is -0.564. The Kier molecular flexibility index (Phi) is 4.97. The summed E-state index contributed by atoms with van der Waals surface area (Å²) in [5.74, 6) is 0.724. The molecule has 0 fully saturated rings. The molecular formula is C15H19N3O3S. The van der Waals surface area contributed by atoms with E-state index in [0.717, 1.165) is 5.56 Å². The van der Waals surface area contributed by atoms with E-state index in [1.54, 1.807) is 39.3 Å². The topological polar surface area (TPSA) is 75.4 Å². The minimum absolute atomic E-state index is 0.0878. The van der Waals surface area contributed by atoms with Crippen molar-refractivity contribution in [2.24, 2.45) is 0 Å². The van der Waals surface area contributed by atoms with E-state index < -0.39 is 6.04 Å². The fraction of sp³-hybridized carbons (Fsp3) is 0.400. The maximum Gasteiger partial charge on any atom is 0.244 e. The third-order valence-electron chi connectivity index (χ3n) is 3.18. The smallest absolute Gasteiger partial charge is 0.244 e. The third kappa shape index (κ3) is 3.73. The first-order valence-corrected chi connectivity index (χ1v) is 7.82. The Hall–Kier alpha value is -2.15. The highest BCUT2D eigenvalue weighted by molar-refractivity contribution is 7.08. The van der Waals surface area contributed by atoms with Gasteiger partial charge < -0.3 is 14.6 Å². The Labute approximate surface area is 133 Å². The molecule has 2 rings (SSSR count). The van der Waals surface area contributed by atoms with Gasteiger partial charge in [-0.05, 0) is 25.3 Å². The van der Waals surface area contributed by atoms with Gasteiger partial charge in [0.05, 0.1) is 12.1 Å². The van der Waals surface area contributed by atoms with Crippen molar-refractivity contribution in [3.8, 4) is 11.5 Å². The predicted molar refractivity (Wildman–Crippen MR) is 84.6 cm³/mol. The number of aryl methyl sites for hydroxylation is 1. The fourth-order valence-corrected chi connectivity index (χ4v) is 2.63. The number of carbonyl (C=O) groups is 2. The summed E-state index contributed by atoms with van der Waals surface area (Å²) in [7, 11) is 3.31. The van der Waals surface area contributed by atoms with Crippen LogP contribution in [0.3, 0.4) is 0 Å². The Bertz CT molecular complexity index is 662. The van der Waals surface area contributed by atoms with Crippen LogP contribution in [0, 0.1) is 6.92 Å². The molecule has 6 nitrogen and oxygen atoms in total. The monoisotopic (exact) mass is 321 g/mol. The predicted octanol–water partition coefficient (Wildman–Crippen LogP) is 1.85. The molecule has 1 unspecified atom stereocenters. The van der Waals surface area contributed by atoms with E-state index in [0.29, 0.717) is 17.3 Å². The molecule has 0 aromatic carbocycles. The van der Waals surface area contributed by atoms with Crippen LogP contribution in [0.5, 0.6) is 0 Å². The number of nitrogens with one attached hydrogen (secondary N) is 1. The van der Waals surface area contributed by atoms with Crippen LogP contribution in [-0.2, 0) is 16.0 Å². The number of nitrogens with zero attached hydrogens (tertiary/aromatic N) is 2. The number of carbonyl (C=O) groups excluding carboxylic acids is 2. The van der Waals surface area contributed by atoms with Crippen molar-refractivity contribution in [2.75, 3.05) is 14.1 Å². The number of likely N-dealkylation sites (N-methyl/N-ethyl adjacent to an activating group) is 1. The molecule has 2 amide bonds. The number of oxazole rings is 1. The number of rotatable bonds is 5. The van der Waals surface area contributed by atoms with E-state index in [-0.39, 0.29) is 18.2 Å². The summed E-state index contributed by atoms with van der Waals surface area (Å²) < 4.78 is 5.59. The molecular weight excluding hydrogens is 302 g/mol. The molecule has 7 heteroatoms. The molecule has 0 saturated heterocycles. The van der Waals surface area contributed by atoms with Crippen molar-refractivity contribution in [1.29, 1.82) is 0 Å². The SMILES string of the molecule is Cc1oc(-c2ccsc2)nc1CC(=O)NC(C)C(=O)N(C)C. The lowest BCUT2D eigenvalue weighted by molar-refractivity contribution is -0.133. The number of thiophene rings is 1. The molecule has 118 valence electrons. The summed E-state index contributed by atoms with van der Waals surface area (Å²) in [5.41, 5.74) is 1.49. The molecule has 2 heterocycles. The highest BCUT2D eigenvalue weighted by atomic mass is 32.1. The zero-order valence-electron chi connectivity index (χ0n) is 13.0. The maximum atomic E-state index is 12.0. The third-order valence-corrected chi connectivity index (χ3v) is 3.86. The number of hydrogen-bond acceptors (Lipinski definition) is 5. The number of amides is 2. The summed E-state index contributed by atoms with van der Waals surface area (Å²) in [4.78, 5) is 29.6. The Morgan fingerprint density at radius 2 is 2.18 bits per heavy atom. The lowest BCUT2D eigenvalue weighted by Crippen LogP contribution is -2.44. The van der Waals surface area contributed by atoms with Gasteiger partial charge in [-0.3, -0.25) is 9.59 Å². The summed E-state index contributed by atoms with van der Waals surface area (Å²) in [6.07, 6.45) is 0.0878. The second-order valence-corrected chi connectivity index (χ2v) is 6.01. The number of aromatic nitrogens is 1. The maximum absolute atomic E-state index is 12.0. The summed E-state index contributed by atoms with van der Waals surface area (Å²) in [5, 5.41) is 6.55.